The Morgan fingerprint density at radius 2 is 2.19 bits per heavy atom. The molecule has 0 aliphatic rings. The molecule has 0 amide bonds. The van der Waals surface area contributed by atoms with Crippen LogP contribution in [0.25, 0.3) is 0 Å². The Balaban J connectivity index is 1.78. The van der Waals surface area contributed by atoms with E-state index in [1.807, 2.05) is 31.2 Å². The molecule has 0 aliphatic heterocycles. The monoisotopic (exact) mass is 319 g/mol. The minimum Gasteiger partial charge on any atom is -0.467 e. The van der Waals surface area contributed by atoms with Crippen molar-refractivity contribution in [2.75, 3.05) is 0 Å². The topological polar surface area (TPSA) is 51.0 Å². The Hall–Kier alpha value is -1.69. The summed E-state index contributed by atoms with van der Waals surface area (Å²) < 4.78 is 6.29. The van der Waals surface area contributed by atoms with E-state index in [1.54, 1.807) is 18.7 Å². The molecule has 3 aromatic rings. The van der Waals surface area contributed by atoms with Crippen molar-refractivity contribution in [1.29, 1.82) is 0 Å². The van der Waals surface area contributed by atoms with Gasteiger partial charge >= 0.3 is 0 Å². The molecular weight excluding hydrogens is 306 g/mol. The van der Waals surface area contributed by atoms with Crippen LogP contribution in [-0.2, 0) is 6.54 Å². The molecule has 21 heavy (non-hydrogen) atoms. The van der Waals surface area contributed by atoms with Gasteiger partial charge in [0.05, 0.1) is 22.0 Å². The van der Waals surface area contributed by atoms with Crippen LogP contribution in [0.5, 0.6) is 0 Å². The second-order valence-corrected chi connectivity index (χ2v) is 6.37. The van der Waals surface area contributed by atoms with E-state index in [2.05, 4.69) is 15.3 Å². The number of halogens is 1. The first kappa shape index (κ1) is 14.3. The summed E-state index contributed by atoms with van der Waals surface area (Å²) in [5.74, 6) is 0.855. The van der Waals surface area contributed by atoms with Gasteiger partial charge in [0.2, 0.25) is 0 Å². The normalized spacial score (nSPS) is 12.5. The molecule has 1 N–H and O–H groups in total. The van der Waals surface area contributed by atoms with E-state index < -0.39 is 0 Å². The van der Waals surface area contributed by atoms with Crippen LogP contribution in [0.3, 0.4) is 0 Å². The summed E-state index contributed by atoms with van der Waals surface area (Å²) in [5.41, 5.74) is 1.80. The van der Waals surface area contributed by atoms with E-state index >= 15 is 0 Å². The van der Waals surface area contributed by atoms with E-state index in [4.69, 9.17) is 16.0 Å². The number of furan rings is 1. The second kappa shape index (κ2) is 6.39. The Labute approximate surface area is 131 Å². The fourth-order valence-corrected chi connectivity index (χ4v) is 3.14. The molecule has 0 bridgehead atoms. The summed E-state index contributed by atoms with van der Waals surface area (Å²) in [6, 6.07) is 7.69. The van der Waals surface area contributed by atoms with Gasteiger partial charge in [0.25, 0.3) is 0 Å². The molecule has 1 atom stereocenters. The maximum atomic E-state index is 6.04. The number of aromatic nitrogens is 2. The molecule has 3 heterocycles. The first-order chi connectivity index (χ1) is 10.2. The smallest absolute Gasteiger partial charge is 0.126 e. The van der Waals surface area contributed by atoms with Crippen molar-refractivity contribution in [3.05, 3.63) is 69.3 Å². The number of hydrogen-bond donors (Lipinski definition) is 1. The molecule has 3 rings (SSSR count). The molecule has 0 saturated heterocycles. The van der Waals surface area contributed by atoms with Crippen molar-refractivity contribution in [3.63, 3.8) is 0 Å². The quantitative estimate of drug-likeness (QED) is 0.773. The van der Waals surface area contributed by atoms with Crippen molar-refractivity contribution >= 4 is 22.9 Å². The van der Waals surface area contributed by atoms with Gasteiger partial charge in [-0.05, 0) is 31.2 Å². The molecule has 6 heteroatoms. The van der Waals surface area contributed by atoms with Gasteiger partial charge in [-0.3, -0.25) is 15.3 Å². The molecule has 108 valence electrons. The van der Waals surface area contributed by atoms with Crippen LogP contribution in [0.4, 0.5) is 0 Å². The fourth-order valence-electron chi connectivity index (χ4n) is 2.00. The van der Waals surface area contributed by atoms with E-state index in [-0.39, 0.29) is 6.04 Å². The number of rotatable bonds is 5. The van der Waals surface area contributed by atoms with Crippen LogP contribution in [0.15, 0.2) is 47.3 Å². The summed E-state index contributed by atoms with van der Waals surface area (Å²) in [6.07, 6.45) is 5.22. The Kier molecular flexibility index (Phi) is 4.34. The molecule has 0 fully saturated rings. The van der Waals surface area contributed by atoms with Gasteiger partial charge in [0, 0.05) is 23.8 Å². The summed E-state index contributed by atoms with van der Waals surface area (Å²) in [4.78, 5) is 9.71. The molecule has 0 radical (unpaired) electrons. The number of nitrogens with one attached hydrogen (secondary N) is 1. The van der Waals surface area contributed by atoms with Gasteiger partial charge < -0.3 is 4.42 Å². The third-order valence-corrected chi connectivity index (χ3v) is 4.32. The summed E-state index contributed by atoms with van der Waals surface area (Å²) in [5, 5.41) is 3.44. The second-order valence-electron chi connectivity index (χ2n) is 4.62. The fraction of sp³-hybridized carbons (Fsp3) is 0.200. The van der Waals surface area contributed by atoms with Crippen LogP contribution < -0.4 is 5.32 Å². The zero-order valence-electron chi connectivity index (χ0n) is 11.4. The molecular formula is C15H14ClN3OS. The third-order valence-electron chi connectivity index (χ3n) is 3.03. The Morgan fingerprint density at radius 3 is 2.81 bits per heavy atom. The van der Waals surface area contributed by atoms with Crippen LogP contribution in [-0.4, -0.2) is 9.97 Å². The predicted octanol–water partition coefficient (Wildman–Crippen LogP) is 3.97. The highest BCUT2D eigenvalue weighted by Gasteiger charge is 2.18. The van der Waals surface area contributed by atoms with Crippen LogP contribution in [0.1, 0.15) is 28.1 Å². The number of hydrogen-bond acceptors (Lipinski definition) is 5. The SMILES string of the molecule is Cc1cnc(CNC(c2ccco2)c2ccc(Cl)s2)cn1. The van der Waals surface area contributed by atoms with Gasteiger partial charge in [-0.25, -0.2) is 0 Å². The van der Waals surface area contributed by atoms with Gasteiger partial charge in [-0.2, -0.15) is 0 Å². The average molecular weight is 320 g/mol. The van der Waals surface area contributed by atoms with Gasteiger partial charge in [-0.1, -0.05) is 11.6 Å². The molecule has 0 saturated carbocycles. The van der Waals surface area contributed by atoms with E-state index in [0.717, 1.165) is 26.4 Å². The lowest BCUT2D eigenvalue weighted by atomic mass is 10.2. The van der Waals surface area contributed by atoms with Gasteiger partial charge in [-0.15, -0.1) is 11.3 Å². The van der Waals surface area contributed by atoms with Crippen molar-refractivity contribution in [2.45, 2.75) is 19.5 Å². The van der Waals surface area contributed by atoms with Crippen molar-refractivity contribution in [1.82, 2.24) is 15.3 Å². The molecule has 4 nitrogen and oxygen atoms in total. The van der Waals surface area contributed by atoms with E-state index in [0.29, 0.717) is 6.54 Å². The minimum absolute atomic E-state index is 0.0411. The predicted molar refractivity (Wildman–Crippen MR) is 83.5 cm³/mol. The third kappa shape index (κ3) is 3.50. The van der Waals surface area contributed by atoms with Gasteiger partial charge in [0.15, 0.2) is 0 Å². The summed E-state index contributed by atoms with van der Waals surface area (Å²) in [6.45, 7) is 2.53. The van der Waals surface area contributed by atoms with Crippen molar-refractivity contribution in [2.24, 2.45) is 0 Å². The van der Waals surface area contributed by atoms with Crippen molar-refractivity contribution in [3.8, 4) is 0 Å². The van der Waals surface area contributed by atoms with Crippen LogP contribution >= 0.6 is 22.9 Å². The molecule has 0 aromatic carbocycles. The van der Waals surface area contributed by atoms with Gasteiger partial charge in [0.1, 0.15) is 11.8 Å². The zero-order valence-corrected chi connectivity index (χ0v) is 13.0. The van der Waals surface area contributed by atoms with Crippen LogP contribution in [0.2, 0.25) is 4.34 Å². The first-order valence-corrected chi connectivity index (χ1v) is 7.71. The average Bonchev–Trinajstić information content (AvgIpc) is 3.13. The van der Waals surface area contributed by atoms with Crippen LogP contribution in [0, 0.1) is 6.92 Å². The number of nitrogens with zero attached hydrogens (tertiary/aromatic N) is 2. The highest BCUT2D eigenvalue weighted by atomic mass is 35.5. The van der Waals surface area contributed by atoms with E-state index in [1.165, 1.54) is 11.3 Å². The standard InChI is InChI=1S/C15H14ClN3OS/c1-10-7-18-11(8-17-10)9-19-15(12-3-2-6-20-12)13-4-5-14(16)21-13/h2-8,15,19H,9H2,1H3. The largest absolute Gasteiger partial charge is 0.467 e. The molecule has 0 aliphatic carbocycles. The summed E-state index contributed by atoms with van der Waals surface area (Å²) in [7, 11) is 0. The Bertz CT molecular complexity index is 694. The van der Waals surface area contributed by atoms with Crippen molar-refractivity contribution < 1.29 is 4.42 Å². The highest BCUT2D eigenvalue weighted by Crippen LogP contribution is 2.31. The zero-order chi connectivity index (χ0) is 14.7. The molecule has 3 aromatic heterocycles. The molecule has 1 unspecified atom stereocenters. The highest BCUT2D eigenvalue weighted by molar-refractivity contribution is 7.16. The lowest BCUT2D eigenvalue weighted by Crippen LogP contribution is -2.21. The number of aryl methyl sites for hydroxylation is 1. The Morgan fingerprint density at radius 1 is 1.29 bits per heavy atom. The summed E-state index contributed by atoms with van der Waals surface area (Å²) >= 11 is 7.58. The maximum Gasteiger partial charge on any atom is 0.126 e. The maximum absolute atomic E-state index is 6.04. The first-order valence-electron chi connectivity index (χ1n) is 6.52. The lowest BCUT2D eigenvalue weighted by molar-refractivity contribution is 0.447. The molecule has 0 spiro atoms. The number of thiophene rings is 1. The van der Waals surface area contributed by atoms with E-state index in [9.17, 15) is 0 Å². The minimum atomic E-state index is -0.0411. The lowest BCUT2D eigenvalue weighted by Gasteiger charge is -2.14.